The third-order valence-electron chi connectivity index (χ3n) is 5.29. The molecule has 0 amide bonds. The molecule has 3 aromatic heterocycles. The summed E-state index contributed by atoms with van der Waals surface area (Å²) in [5, 5.41) is 0. The van der Waals surface area contributed by atoms with Crippen molar-refractivity contribution in [3.63, 3.8) is 0 Å². The molecule has 0 atom stereocenters. The predicted molar refractivity (Wildman–Crippen MR) is 109 cm³/mol. The van der Waals surface area contributed by atoms with Crippen LogP contribution in [0.4, 0.5) is 8.78 Å². The summed E-state index contributed by atoms with van der Waals surface area (Å²) >= 11 is 1.74. The molecule has 0 radical (unpaired) electrons. The molecule has 0 saturated heterocycles. The van der Waals surface area contributed by atoms with Crippen molar-refractivity contribution < 1.29 is 25.8 Å². The Hall–Kier alpha value is -2.70. The number of hydrogen-bond donors (Lipinski definition) is 0. The van der Waals surface area contributed by atoms with E-state index in [1.165, 1.54) is 41.5 Å². The molecular formula is C23H18ClF2N3S. The molecule has 1 aromatic carbocycles. The zero-order valence-corrected chi connectivity index (χ0v) is 17.6. The Morgan fingerprint density at radius 2 is 1.43 bits per heavy atom. The van der Waals surface area contributed by atoms with Gasteiger partial charge in [-0.25, -0.2) is 8.78 Å². The van der Waals surface area contributed by atoms with E-state index in [1.54, 1.807) is 23.7 Å². The van der Waals surface area contributed by atoms with E-state index in [2.05, 4.69) is 20.0 Å². The van der Waals surface area contributed by atoms with Crippen LogP contribution in [0.1, 0.15) is 23.4 Å². The Labute approximate surface area is 183 Å². The zero-order chi connectivity index (χ0) is 19.8. The van der Waals surface area contributed by atoms with Gasteiger partial charge in [0, 0.05) is 29.9 Å². The van der Waals surface area contributed by atoms with Gasteiger partial charge in [-0.05, 0) is 43.5 Å². The first-order valence-electron chi connectivity index (χ1n) is 9.57. The van der Waals surface area contributed by atoms with Crippen LogP contribution in [0.3, 0.4) is 0 Å². The van der Waals surface area contributed by atoms with E-state index in [4.69, 9.17) is 0 Å². The molecule has 7 heteroatoms. The molecule has 0 saturated carbocycles. The number of benzene rings is 1. The second kappa shape index (κ2) is 8.58. The van der Waals surface area contributed by atoms with Crippen LogP contribution in [-0.2, 0) is 12.8 Å². The van der Waals surface area contributed by atoms with Gasteiger partial charge < -0.3 is 12.4 Å². The first-order chi connectivity index (χ1) is 14.2. The molecule has 152 valence electrons. The average molecular weight is 442 g/mol. The molecule has 0 N–H and O–H groups in total. The Kier molecular flexibility index (Phi) is 5.88. The summed E-state index contributed by atoms with van der Waals surface area (Å²) in [5.74, 6) is -0.771. The topological polar surface area (TPSA) is 29.7 Å². The number of halogens is 3. The van der Waals surface area contributed by atoms with E-state index in [-0.39, 0.29) is 24.0 Å². The second-order valence-corrected chi connectivity index (χ2v) is 8.09. The number of aryl methyl sites for hydroxylation is 1. The number of nitrogens with zero attached hydrogens (tertiary/aromatic N) is 3. The third-order valence-corrected chi connectivity index (χ3v) is 6.33. The van der Waals surface area contributed by atoms with Gasteiger partial charge in [0.15, 0.2) is 0 Å². The van der Waals surface area contributed by atoms with Crippen LogP contribution in [0.25, 0.3) is 27.9 Å². The molecule has 1 aliphatic rings. The molecule has 4 aromatic rings. The van der Waals surface area contributed by atoms with Crippen molar-refractivity contribution in [2.45, 2.75) is 25.7 Å². The SMILES string of the molecule is Fc1cncc(-c2cccc(-c3cncc(F)c3)c2-[n+]2csc3c2CCCC3)c1.[Cl-]. The minimum absolute atomic E-state index is 0. The van der Waals surface area contributed by atoms with Gasteiger partial charge in [-0.1, -0.05) is 17.4 Å². The number of hydrogen-bond acceptors (Lipinski definition) is 3. The Balaban J connectivity index is 0.00000218. The Morgan fingerprint density at radius 3 is 2.03 bits per heavy atom. The second-order valence-electron chi connectivity index (χ2n) is 7.16. The number of fused-ring (bicyclic) bond motifs is 1. The van der Waals surface area contributed by atoms with E-state index in [0.29, 0.717) is 11.1 Å². The highest BCUT2D eigenvalue weighted by atomic mass is 35.5. The Bertz CT molecular complexity index is 1150. The lowest BCUT2D eigenvalue weighted by molar-refractivity contribution is -0.598. The summed E-state index contributed by atoms with van der Waals surface area (Å²) in [7, 11) is 0. The van der Waals surface area contributed by atoms with Crippen molar-refractivity contribution in [1.82, 2.24) is 9.97 Å². The maximum atomic E-state index is 13.9. The van der Waals surface area contributed by atoms with Crippen molar-refractivity contribution in [2.24, 2.45) is 0 Å². The lowest BCUT2D eigenvalue weighted by Gasteiger charge is -2.13. The van der Waals surface area contributed by atoms with Gasteiger partial charge in [-0.15, -0.1) is 0 Å². The van der Waals surface area contributed by atoms with E-state index < -0.39 is 0 Å². The smallest absolute Gasteiger partial charge is 0.231 e. The number of pyridine rings is 2. The summed E-state index contributed by atoms with van der Waals surface area (Å²) in [4.78, 5) is 9.45. The molecule has 0 aliphatic heterocycles. The monoisotopic (exact) mass is 441 g/mol. The van der Waals surface area contributed by atoms with E-state index in [9.17, 15) is 8.78 Å². The number of para-hydroxylation sites is 1. The number of rotatable bonds is 3. The Morgan fingerprint density at radius 1 is 0.833 bits per heavy atom. The van der Waals surface area contributed by atoms with Gasteiger partial charge in [-0.3, -0.25) is 9.97 Å². The zero-order valence-electron chi connectivity index (χ0n) is 16.0. The molecule has 30 heavy (non-hydrogen) atoms. The largest absolute Gasteiger partial charge is 1.00 e. The van der Waals surface area contributed by atoms with Gasteiger partial charge in [-0.2, -0.15) is 4.57 Å². The fourth-order valence-electron chi connectivity index (χ4n) is 4.00. The lowest BCUT2D eigenvalue weighted by atomic mass is 9.96. The van der Waals surface area contributed by atoms with Crippen LogP contribution in [0, 0.1) is 11.6 Å². The third kappa shape index (κ3) is 3.73. The maximum Gasteiger partial charge on any atom is 0.231 e. The fourth-order valence-corrected chi connectivity index (χ4v) is 5.06. The fraction of sp³-hybridized carbons (Fsp3) is 0.174. The highest BCUT2D eigenvalue weighted by Crippen LogP contribution is 2.35. The van der Waals surface area contributed by atoms with Gasteiger partial charge >= 0.3 is 0 Å². The summed E-state index contributed by atoms with van der Waals surface area (Å²) in [6.45, 7) is 0. The quantitative estimate of drug-likeness (QED) is 0.457. The maximum absolute atomic E-state index is 13.9. The highest BCUT2D eigenvalue weighted by molar-refractivity contribution is 7.09. The molecule has 5 rings (SSSR count). The molecule has 0 bridgehead atoms. The molecule has 3 heterocycles. The summed E-state index contributed by atoms with van der Waals surface area (Å²) in [6.07, 6.45) is 10.1. The molecule has 0 fully saturated rings. The van der Waals surface area contributed by atoms with Gasteiger partial charge in [0.05, 0.1) is 28.4 Å². The lowest BCUT2D eigenvalue weighted by Crippen LogP contribution is -3.00. The van der Waals surface area contributed by atoms with Crippen molar-refractivity contribution in [2.75, 3.05) is 0 Å². The van der Waals surface area contributed by atoms with Crippen molar-refractivity contribution in [3.05, 3.63) is 82.8 Å². The van der Waals surface area contributed by atoms with E-state index >= 15 is 0 Å². The standard InChI is InChI=1S/C23H18F2N3S.ClH/c24-17-8-15(10-26-12-17)19-4-3-5-20(16-9-18(25)13-27-11-16)23(19)28-14-29-22-7-2-1-6-21(22)28;/h3-5,8-14H,1-2,6-7H2;1H/q+1;/p-1. The van der Waals surface area contributed by atoms with Crippen LogP contribution in [0.15, 0.2) is 60.6 Å². The first-order valence-corrected chi connectivity index (χ1v) is 10.4. The highest BCUT2D eigenvalue weighted by Gasteiger charge is 2.29. The summed E-state index contributed by atoms with van der Waals surface area (Å²) in [6, 6.07) is 8.80. The number of thiazole rings is 1. The molecule has 0 unspecified atom stereocenters. The van der Waals surface area contributed by atoms with Gasteiger partial charge in [0.25, 0.3) is 0 Å². The van der Waals surface area contributed by atoms with Gasteiger partial charge in [0.2, 0.25) is 16.9 Å². The first kappa shape index (κ1) is 20.6. The number of aromatic nitrogens is 3. The normalized spacial score (nSPS) is 12.9. The summed E-state index contributed by atoms with van der Waals surface area (Å²) in [5.41, 5.74) is 7.39. The molecular weight excluding hydrogens is 424 g/mol. The molecule has 3 nitrogen and oxygen atoms in total. The summed E-state index contributed by atoms with van der Waals surface area (Å²) < 4.78 is 30.1. The van der Waals surface area contributed by atoms with E-state index in [0.717, 1.165) is 36.1 Å². The minimum atomic E-state index is -0.386. The van der Waals surface area contributed by atoms with Gasteiger partial charge in [0.1, 0.15) is 11.6 Å². The van der Waals surface area contributed by atoms with Crippen LogP contribution in [-0.4, -0.2) is 9.97 Å². The molecule has 0 spiro atoms. The van der Waals surface area contributed by atoms with Crippen molar-refractivity contribution >= 4 is 11.3 Å². The van der Waals surface area contributed by atoms with Crippen LogP contribution >= 0.6 is 11.3 Å². The van der Waals surface area contributed by atoms with Crippen LogP contribution in [0.5, 0.6) is 0 Å². The van der Waals surface area contributed by atoms with Crippen molar-refractivity contribution in [1.29, 1.82) is 0 Å². The average Bonchev–Trinajstić information content (AvgIpc) is 3.17. The molecule has 1 aliphatic carbocycles. The van der Waals surface area contributed by atoms with Crippen LogP contribution < -0.4 is 17.0 Å². The predicted octanol–water partition coefficient (Wildman–Crippen LogP) is 2.31. The minimum Gasteiger partial charge on any atom is -1.00 e. The van der Waals surface area contributed by atoms with Crippen molar-refractivity contribution in [3.8, 4) is 27.9 Å². The van der Waals surface area contributed by atoms with Crippen LogP contribution in [0.2, 0.25) is 0 Å². The van der Waals surface area contributed by atoms with E-state index in [1.807, 2.05) is 18.2 Å².